The third-order valence-corrected chi connectivity index (χ3v) is 4.46. The Labute approximate surface area is 146 Å². The first kappa shape index (κ1) is 19.3. The molecule has 2 rings (SSSR count). The summed E-state index contributed by atoms with van der Waals surface area (Å²) in [7, 11) is 1.29. The fourth-order valence-corrected chi connectivity index (χ4v) is 3.07. The van der Waals surface area contributed by atoms with Crippen LogP contribution in [-0.2, 0) is 20.9 Å². The number of carbonyl (C=O) groups is 2. The Hall–Kier alpha value is -2.02. The molecule has 0 spiro atoms. The zero-order valence-electron chi connectivity index (χ0n) is 14.6. The van der Waals surface area contributed by atoms with E-state index in [9.17, 15) is 18.4 Å². The van der Waals surface area contributed by atoms with Crippen molar-refractivity contribution in [1.29, 1.82) is 0 Å². The number of hydrogen-bond acceptors (Lipinski definition) is 4. The van der Waals surface area contributed by atoms with Gasteiger partial charge in [-0.15, -0.1) is 0 Å². The Morgan fingerprint density at radius 1 is 1.32 bits per heavy atom. The molecule has 25 heavy (non-hydrogen) atoms. The summed E-state index contributed by atoms with van der Waals surface area (Å²) in [5, 5.41) is 3.29. The number of hydrogen-bond donors (Lipinski definition) is 1. The lowest BCUT2D eigenvalue weighted by molar-refractivity contribution is -0.143. The van der Waals surface area contributed by atoms with Crippen LogP contribution < -0.4 is 5.32 Å². The van der Waals surface area contributed by atoms with Crippen LogP contribution in [0.1, 0.15) is 31.7 Å². The van der Waals surface area contributed by atoms with Crippen LogP contribution in [0.4, 0.5) is 8.78 Å². The van der Waals surface area contributed by atoms with E-state index in [1.807, 2.05) is 6.92 Å². The maximum atomic E-state index is 13.4. The Kier molecular flexibility index (Phi) is 6.87. The maximum Gasteiger partial charge on any atom is 0.307 e. The molecular weight excluding hydrogens is 330 g/mol. The Bertz CT molecular complexity index is 624. The maximum absolute atomic E-state index is 13.4. The number of nitrogens with one attached hydrogen (secondary N) is 1. The number of esters is 1. The number of halogens is 2. The topological polar surface area (TPSA) is 58.6 Å². The molecule has 0 aliphatic carbocycles. The zero-order chi connectivity index (χ0) is 18.4. The number of piperidine rings is 1. The second-order valence-corrected chi connectivity index (χ2v) is 6.41. The number of carbonyl (C=O) groups excluding carboxylic acids is 2. The molecule has 0 radical (unpaired) electrons. The summed E-state index contributed by atoms with van der Waals surface area (Å²) < 4.78 is 31.2. The molecule has 1 aromatic carbocycles. The zero-order valence-corrected chi connectivity index (χ0v) is 14.6. The van der Waals surface area contributed by atoms with Gasteiger partial charge in [0.25, 0.3) is 0 Å². The second kappa shape index (κ2) is 8.89. The van der Waals surface area contributed by atoms with Crippen molar-refractivity contribution in [2.24, 2.45) is 5.92 Å². The van der Waals surface area contributed by atoms with Gasteiger partial charge in [0.15, 0.2) is 11.6 Å². The highest BCUT2D eigenvalue weighted by atomic mass is 19.2. The molecule has 1 amide bonds. The number of methoxy groups -OCH3 is 1. The highest BCUT2D eigenvalue weighted by molar-refractivity contribution is 5.79. The van der Waals surface area contributed by atoms with Gasteiger partial charge in [0.05, 0.1) is 13.5 Å². The Morgan fingerprint density at radius 3 is 2.72 bits per heavy atom. The summed E-state index contributed by atoms with van der Waals surface area (Å²) in [5.41, 5.74) is 0.485. The predicted molar refractivity (Wildman–Crippen MR) is 88.6 cm³/mol. The minimum atomic E-state index is -0.951. The number of amides is 1. The molecule has 0 bridgehead atoms. The van der Waals surface area contributed by atoms with Crippen LogP contribution in [0.15, 0.2) is 18.2 Å². The second-order valence-electron chi connectivity index (χ2n) is 6.41. The van der Waals surface area contributed by atoms with Crippen molar-refractivity contribution in [3.63, 3.8) is 0 Å². The first-order valence-electron chi connectivity index (χ1n) is 8.43. The van der Waals surface area contributed by atoms with Gasteiger partial charge in [0.1, 0.15) is 0 Å². The summed E-state index contributed by atoms with van der Waals surface area (Å²) in [5.74, 6) is -2.50. The summed E-state index contributed by atoms with van der Waals surface area (Å²) in [6.07, 6.45) is 1.49. The Balaban J connectivity index is 2.11. The molecule has 0 saturated carbocycles. The lowest BCUT2D eigenvalue weighted by Gasteiger charge is -2.32. The van der Waals surface area contributed by atoms with Crippen molar-refractivity contribution in [2.75, 3.05) is 20.2 Å². The van der Waals surface area contributed by atoms with Crippen LogP contribution in [0, 0.1) is 17.6 Å². The van der Waals surface area contributed by atoms with E-state index in [-0.39, 0.29) is 37.4 Å². The van der Waals surface area contributed by atoms with Crippen molar-refractivity contribution in [2.45, 2.75) is 38.8 Å². The highest BCUT2D eigenvalue weighted by Crippen LogP contribution is 2.21. The molecule has 138 valence electrons. The van der Waals surface area contributed by atoms with Gasteiger partial charge in [-0.05, 0) is 44.0 Å². The molecule has 1 heterocycles. The average Bonchev–Trinajstić information content (AvgIpc) is 2.60. The first-order chi connectivity index (χ1) is 11.9. The van der Waals surface area contributed by atoms with Crippen LogP contribution >= 0.6 is 0 Å². The molecule has 1 N–H and O–H groups in total. The van der Waals surface area contributed by atoms with E-state index in [1.54, 1.807) is 0 Å². The van der Waals surface area contributed by atoms with Gasteiger partial charge in [-0.25, -0.2) is 8.78 Å². The fraction of sp³-hybridized carbons (Fsp3) is 0.556. The van der Waals surface area contributed by atoms with Gasteiger partial charge in [0, 0.05) is 25.0 Å². The number of nitrogens with zero attached hydrogens (tertiary/aromatic N) is 1. The number of ether oxygens (including phenoxy) is 1. The van der Waals surface area contributed by atoms with Gasteiger partial charge < -0.3 is 15.0 Å². The van der Waals surface area contributed by atoms with Gasteiger partial charge in [-0.1, -0.05) is 6.07 Å². The van der Waals surface area contributed by atoms with Crippen molar-refractivity contribution in [3.05, 3.63) is 35.4 Å². The van der Waals surface area contributed by atoms with Crippen LogP contribution in [0.5, 0.6) is 0 Å². The molecule has 2 atom stereocenters. The number of benzene rings is 1. The van der Waals surface area contributed by atoms with Gasteiger partial charge in [0.2, 0.25) is 5.91 Å². The van der Waals surface area contributed by atoms with E-state index < -0.39 is 17.6 Å². The van der Waals surface area contributed by atoms with Crippen LogP contribution in [0.3, 0.4) is 0 Å². The lowest BCUT2D eigenvalue weighted by atomic mass is 9.91. The normalized spacial score (nSPS) is 20.2. The van der Waals surface area contributed by atoms with Crippen LogP contribution in [-0.4, -0.2) is 43.0 Å². The van der Waals surface area contributed by atoms with Gasteiger partial charge in [-0.2, -0.15) is 0 Å². The monoisotopic (exact) mass is 354 g/mol. The van der Waals surface area contributed by atoms with E-state index in [2.05, 4.69) is 10.1 Å². The first-order valence-corrected chi connectivity index (χ1v) is 8.43. The summed E-state index contributed by atoms with van der Waals surface area (Å²) in [6.45, 7) is 3.09. The third kappa shape index (κ3) is 5.49. The van der Waals surface area contributed by atoms with Crippen molar-refractivity contribution in [1.82, 2.24) is 10.2 Å². The average molecular weight is 354 g/mol. The molecule has 1 aliphatic rings. The van der Waals surface area contributed by atoms with Crippen molar-refractivity contribution < 1.29 is 23.1 Å². The van der Waals surface area contributed by atoms with Crippen LogP contribution in [0.25, 0.3) is 0 Å². The molecule has 5 nitrogen and oxygen atoms in total. The molecule has 7 heteroatoms. The highest BCUT2D eigenvalue weighted by Gasteiger charge is 2.29. The minimum absolute atomic E-state index is 0.0619. The smallest absolute Gasteiger partial charge is 0.307 e. The van der Waals surface area contributed by atoms with E-state index in [0.29, 0.717) is 12.0 Å². The quantitative estimate of drug-likeness (QED) is 0.796. The van der Waals surface area contributed by atoms with Crippen molar-refractivity contribution >= 4 is 11.9 Å². The van der Waals surface area contributed by atoms with Gasteiger partial charge >= 0.3 is 5.97 Å². The SMILES string of the molecule is COC(=O)CCN(Cc1ccc(F)c(F)c1)C(=O)[C@H]1CCN[C@@H](C)C1. The standard InChI is InChI=1S/C18H24F2N2O3/c1-12-9-14(5-7-21-12)18(24)22(8-6-17(23)25-2)11-13-3-4-15(19)16(20)10-13/h3-4,10,12,14,21H,5-9,11H2,1-2H3/t12-,14-/m0/s1. The number of rotatable bonds is 6. The largest absolute Gasteiger partial charge is 0.469 e. The predicted octanol–water partition coefficient (Wildman–Crippen LogP) is 2.24. The molecule has 1 aromatic rings. The molecular formula is C18H24F2N2O3. The van der Waals surface area contributed by atoms with E-state index in [0.717, 1.165) is 25.1 Å². The summed E-state index contributed by atoms with van der Waals surface area (Å²) >= 11 is 0. The molecule has 1 fully saturated rings. The fourth-order valence-electron chi connectivity index (χ4n) is 3.07. The third-order valence-electron chi connectivity index (χ3n) is 4.46. The molecule has 0 unspecified atom stereocenters. The summed E-state index contributed by atoms with van der Waals surface area (Å²) in [6, 6.07) is 3.81. The molecule has 0 aromatic heterocycles. The van der Waals surface area contributed by atoms with Gasteiger partial charge in [-0.3, -0.25) is 9.59 Å². The Morgan fingerprint density at radius 2 is 2.08 bits per heavy atom. The summed E-state index contributed by atoms with van der Waals surface area (Å²) in [4.78, 5) is 25.9. The molecule has 1 saturated heterocycles. The van der Waals surface area contributed by atoms with Crippen LogP contribution in [0.2, 0.25) is 0 Å². The van der Waals surface area contributed by atoms with E-state index >= 15 is 0 Å². The van der Waals surface area contributed by atoms with E-state index in [4.69, 9.17) is 0 Å². The lowest BCUT2D eigenvalue weighted by Crippen LogP contribution is -2.44. The minimum Gasteiger partial charge on any atom is -0.469 e. The van der Waals surface area contributed by atoms with Crippen molar-refractivity contribution in [3.8, 4) is 0 Å². The molecule has 1 aliphatic heterocycles. The van der Waals surface area contributed by atoms with E-state index in [1.165, 1.54) is 18.1 Å².